The summed E-state index contributed by atoms with van der Waals surface area (Å²) in [5.74, 6) is -0.440. The van der Waals surface area contributed by atoms with Crippen molar-refractivity contribution in [3.63, 3.8) is 0 Å². The van der Waals surface area contributed by atoms with Crippen LogP contribution in [-0.4, -0.2) is 16.1 Å². The van der Waals surface area contributed by atoms with Crippen LogP contribution in [0.5, 0.6) is 5.75 Å². The van der Waals surface area contributed by atoms with E-state index in [4.69, 9.17) is 9.84 Å². The van der Waals surface area contributed by atoms with Crippen LogP contribution >= 0.6 is 11.3 Å². The number of hydrogen-bond donors (Lipinski definition) is 1. The van der Waals surface area contributed by atoms with Gasteiger partial charge in [-0.15, -0.1) is 11.3 Å². The number of rotatable bonds is 5. The Morgan fingerprint density at radius 1 is 1.21 bits per heavy atom. The molecule has 3 rings (SSSR count). The Bertz CT molecular complexity index is 886. The zero-order valence-corrected chi connectivity index (χ0v) is 14.3. The SMILES string of the molecule is Cc1ccc(C)c(-c2csc(COc3cccc(C(=O)O)c3)n2)c1. The van der Waals surface area contributed by atoms with E-state index in [0.717, 1.165) is 16.3 Å². The van der Waals surface area contributed by atoms with Crippen LogP contribution in [0, 0.1) is 13.8 Å². The molecule has 5 heteroatoms. The lowest BCUT2D eigenvalue weighted by Gasteiger charge is -2.05. The molecule has 0 amide bonds. The Morgan fingerprint density at radius 3 is 2.83 bits per heavy atom. The molecule has 3 aromatic rings. The summed E-state index contributed by atoms with van der Waals surface area (Å²) in [7, 11) is 0. The summed E-state index contributed by atoms with van der Waals surface area (Å²) in [6, 6.07) is 12.8. The minimum atomic E-state index is -0.966. The maximum atomic E-state index is 11.0. The largest absolute Gasteiger partial charge is 0.486 e. The standard InChI is InChI=1S/C19H17NO3S/c1-12-6-7-13(2)16(8-12)17-11-24-18(20-17)10-23-15-5-3-4-14(9-15)19(21)22/h3-9,11H,10H2,1-2H3,(H,21,22). The van der Waals surface area contributed by atoms with Gasteiger partial charge in [-0.1, -0.05) is 23.8 Å². The number of aromatic nitrogens is 1. The van der Waals surface area contributed by atoms with E-state index in [2.05, 4.69) is 37.0 Å². The summed E-state index contributed by atoms with van der Waals surface area (Å²) in [6.07, 6.45) is 0. The molecule has 0 aliphatic rings. The van der Waals surface area contributed by atoms with Crippen molar-refractivity contribution in [2.75, 3.05) is 0 Å². The Morgan fingerprint density at radius 2 is 2.04 bits per heavy atom. The second kappa shape index (κ2) is 6.84. The zero-order valence-electron chi connectivity index (χ0n) is 13.4. The van der Waals surface area contributed by atoms with E-state index in [-0.39, 0.29) is 5.56 Å². The highest BCUT2D eigenvalue weighted by Crippen LogP contribution is 2.26. The second-order valence-electron chi connectivity index (χ2n) is 5.57. The third kappa shape index (κ3) is 3.63. The van der Waals surface area contributed by atoms with E-state index < -0.39 is 5.97 Å². The summed E-state index contributed by atoms with van der Waals surface area (Å²) in [5.41, 5.74) is 4.67. The molecule has 0 saturated heterocycles. The van der Waals surface area contributed by atoms with Crippen LogP contribution in [-0.2, 0) is 6.61 Å². The number of benzene rings is 2. The highest BCUT2D eigenvalue weighted by atomic mass is 32.1. The van der Waals surface area contributed by atoms with Crippen molar-refractivity contribution in [1.29, 1.82) is 0 Å². The van der Waals surface area contributed by atoms with Gasteiger partial charge in [-0.05, 0) is 43.7 Å². The first-order valence-electron chi connectivity index (χ1n) is 7.51. The van der Waals surface area contributed by atoms with Crippen LogP contribution in [0.4, 0.5) is 0 Å². The lowest BCUT2D eigenvalue weighted by atomic mass is 10.0. The second-order valence-corrected chi connectivity index (χ2v) is 6.51. The monoisotopic (exact) mass is 339 g/mol. The third-order valence-corrected chi connectivity index (χ3v) is 4.49. The molecular formula is C19H17NO3S. The average molecular weight is 339 g/mol. The molecule has 0 atom stereocenters. The van der Waals surface area contributed by atoms with Crippen molar-refractivity contribution in [2.45, 2.75) is 20.5 Å². The minimum Gasteiger partial charge on any atom is -0.486 e. The first-order chi connectivity index (χ1) is 11.5. The number of aromatic carboxylic acids is 1. The van der Waals surface area contributed by atoms with Crippen molar-refractivity contribution < 1.29 is 14.6 Å². The Kier molecular flexibility index (Phi) is 4.62. The predicted octanol–water partition coefficient (Wildman–Crippen LogP) is 4.70. The summed E-state index contributed by atoms with van der Waals surface area (Å²) >= 11 is 1.54. The molecule has 0 bridgehead atoms. The van der Waals surface area contributed by atoms with E-state index in [0.29, 0.717) is 12.4 Å². The number of nitrogens with zero attached hydrogens (tertiary/aromatic N) is 1. The van der Waals surface area contributed by atoms with Crippen LogP contribution in [0.3, 0.4) is 0 Å². The Hall–Kier alpha value is -2.66. The van der Waals surface area contributed by atoms with Crippen LogP contribution in [0.15, 0.2) is 47.8 Å². The fourth-order valence-electron chi connectivity index (χ4n) is 2.38. The van der Waals surface area contributed by atoms with Gasteiger partial charge in [-0.25, -0.2) is 9.78 Å². The summed E-state index contributed by atoms with van der Waals surface area (Å²) in [6.45, 7) is 4.45. The number of thiazole rings is 1. The van der Waals surface area contributed by atoms with Gasteiger partial charge >= 0.3 is 5.97 Å². The predicted molar refractivity (Wildman–Crippen MR) is 94.8 cm³/mol. The van der Waals surface area contributed by atoms with E-state index in [1.54, 1.807) is 12.1 Å². The molecule has 2 aromatic carbocycles. The summed E-state index contributed by atoms with van der Waals surface area (Å²) < 4.78 is 5.67. The van der Waals surface area contributed by atoms with Crippen LogP contribution in [0.1, 0.15) is 26.5 Å². The van der Waals surface area contributed by atoms with Crippen molar-refractivity contribution in [2.24, 2.45) is 0 Å². The summed E-state index contributed by atoms with van der Waals surface area (Å²) in [4.78, 5) is 15.6. The highest BCUT2D eigenvalue weighted by Gasteiger charge is 2.09. The minimum absolute atomic E-state index is 0.211. The molecule has 0 saturated carbocycles. The maximum Gasteiger partial charge on any atom is 0.335 e. The third-order valence-electron chi connectivity index (χ3n) is 3.66. The molecule has 0 radical (unpaired) electrons. The first kappa shape index (κ1) is 16.2. The van der Waals surface area contributed by atoms with Crippen molar-refractivity contribution in [3.8, 4) is 17.0 Å². The first-order valence-corrected chi connectivity index (χ1v) is 8.39. The molecule has 24 heavy (non-hydrogen) atoms. The molecule has 1 aromatic heterocycles. The normalized spacial score (nSPS) is 10.6. The molecule has 0 unspecified atom stereocenters. The van der Waals surface area contributed by atoms with Crippen molar-refractivity contribution in [3.05, 3.63) is 69.5 Å². The van der Waals surface area contributed by atoms with E-state index in [9.17, 15) is 4.79 Å². The summed E-state index contributed by atoms with van der Waals surface area (Å²) in [5, 5.41) is 11.9. The van der Waals surface area contributed by atoms with E-state index in [1.807, 2.05) is 5.38 Å². The number of ether oxygens (including phenoxy) is 1. The molecule has 0 fully saturated rings. The molecule has 1 heterocycles. The molecule has 0 aliphatic heterocycles. The van der Waals surface area contributed by atoms with Crippen LogP contribution in [0.25, 0.3) is 11.3 Å². The number of carboxylic acid groups (broad SMARTS) is 1. The molecular weight excluding hydrogens is 322 g/mol. The maximum absolute atomic E-state index is 11.0. The molecule has 0 aliphatic carbocycles. The van der Waals surface area contributed by atoms with Gasteiger partial charge in [0, 0.05) is 10.9 Å². The van der Waals surface area contributed by atoms with Crippen molar-refractivity contribution in [1.82, 2.24) is 4.98 Å². The lowest BCUT2D eigenvalue weighted by Crippen LogP contribution is -1.99. The smallest absolute Gasteiger partial charge is 0.335 e. The van der Waals surface area contributed by atoms with Gasteiger partial charge < -0.3 is 9.84 Å². The van der Waals surface area contributed by atoms with Crippen LogP contribution < -0.4 is 4.74 Å². The number of hydrogen-bond acceptors (Lipinski definition) is 4. The Labute approximate surface area is 144 Å². The van der Waals surface area contributed by atoms with Gasteiger partial charge in [-0.3, -0.25) is 0 Å². The fourth-order valence-corrected chi connectivity index (χ4v) is 3.08. The molecule has 0 spiro atoms. The Balaban J connectivity index is 1.74. The topological polar surface area (TPSA) is 59.4 Å². The van der Waals surface area contributed by atoms with Gasteiger partial charge in [0.05, 0.1) is 11.3 Å². The van der Waals surface area contributed by atoms with Crippen LogP contribution in [0.2, 0.25) is 0 Å². The zero-order chi connectivity index (χ0) is 17.1. The lowest BCUT2D eigenvalue weighted by molar-refractivity contribution is 0.0696. The van der Waals surface area contributed by atoms with Gasteiger partial charge in [0.1, 0.15) is 17.4 Å². The van der Waals surface area contributed by atoms with Gasteiger partial charge in [0.15, 0.2) is 0 Å². The van der Waals surface area contributed by atoms with Gasteiger partial charge in [-0.2, -0.15) is 0 Å². The number of carboxylic acids is 1. The molecule has 1 N–H and O–H groups in total. The van der Waals surface area contributed by atoms with E-state index in [1.165, 1.54) is 34.6 Å². The molecule has 122 valence electrons. The van der Waals surface area contributed by atoms with Gasteiger partial charge in [0.2, 0.25) is 0 Å². The van der Waals surface area contributed by atoms with Crippen molar-refractivity contribution >= 4 is 17.3 Å². The van der Waals surface area contributed by atoms with E-state index >= 15 is 0 Å². The highest BCUT2D eigenvalue weighted by molar-refractivity contribution is 7.09. The number of carbonyl (C=O) groups is 1. The average Bonchev–Trinajstić information content (AvgIpc) is 3.04. The quantitative estimate of drug-likeness (QED) is 0.732. The molecule has 4 nitrogen and oxygen atoms in total. The van der Waals surface area contributed by atoms with Gasteiger partial charge in [0.25, 0.3) is 0 Å². The number of aryl methyl sites for hydroxylation is 2. The fraction of sp³-hybridized carbons (Fsp3) is 0.158.